The minimum atomic E-state index is -1.15. The number of halogens is 1. The zero-order valence-corrected chi connectivity index (χ0v) is 24.0. The molecule has 0 bridgehead atoms. The van der Waals surface area contributed by atoms with Gasteiger partial charge in [-0.25, -0.2) is 4.79 Å². The fourth-order valence-electron chi connectivity index (χ4n) is 4.83. The molecule has 0 saturated heterocycles. The highest BCUT2D eigenvalue weighted by Gasteiger charge is 2.39. The molecule has 4 rings (SSSR count). The van der Waals surface area contributed by atoms with E-state index in [1.165, 1.54) is 11.8 Å². The molecular formula is C30H33ClN2O5S. The van der Waals surface area contributed by atoms with Crippen molar-refractivity contribution in [2.75, 3.05) is 23.5 Å². The van der Waals surface area contributed by atoms with Crippen LogP contribution in [-0.4, -0.2) is 53.6 Å². The van der Waals surface area contributed by atoms with Crippen molar-refractivity contribution in [1.29, 1.82) is 0 Å². The normalized spacial score (nSPS) is 18.4. The number of carbonyl (C=O) groups excluding carboxylic acids is 2. The number of anilines is 1. The van der Waals surface area contributed by atoms with Crippen LogP contribution in [0.3, 0.4) is 0 Å². The van der Waals surface area contributed by atoms with Gasteiger partial charge in [0.2, 0.25) is 5.91 Å². The van der Waals surface area contributed by atoms with Crippen LogP contribution in [0.4, 0.5) is 5.69 Å². The first-order chi connectivity index (χ1) is 18.5. The summed E-state index contributed by atoms with van der Waals surface area (Å²) in [7, 11) is 0. The lowest BCUT2D eigenvalue weighted by Crippen LogP contribution is -2.47. The van der Waals surface area contributed by atoms with Crippen LogP contribution in [0, 0.1) is 5.41 Å². The Labute approximate surface area is 237 Å². The van der Waals surface area contributed by atoms with Crippen LogP contribution in [-0.2, 0) is 19.1 Å². The first-order valence-corrected chi connectivity index (χ1v) is 14.5. The molecule has 2 amide bonds. The second-order valence-corrected chi connectivity index (χ2v) is 12.2. The topological polar surface area (TPSA) is 95.9 Å². The number of aliphatic carboxylic acids is 1. The van der Waals surface area contributed by atoms with E-state index in [1.807, 2.05) is 75.4 Å². The molecule has 1 aliphatic rings. The maximum atomic E-state index is 14.1. The van der Waals surface area contributed by atoms with E-state index in [9.17, 15) is 19.5 Å². The second-order valence-electron chi connectivity index (χ2n) is 10.9. The number of amides is 2. The number of carboxylic acids is 1. The standard InChI is InChI=1S/C30H33ClN2O5S/c1-30(2,3)17-33-24-13-12-19(31)14-22(24)27(21-11-7-9-18-8-5-6-10-20(18)21)38-25(28(33)35)15-26(34)32-23(16-39-4)29(36)37/h5-14,23,25,27H,15-17H2,1-4H3,(H,32,34)(H,36,37)/t23-,25?,27?/m0/s1. The number of ether oxygens (including phenoxy) is 1. The van der Waals surface area contributed by atoms with Gasteiger partial charge in [0.05, 0.1) is 6.42 Å². The van der Waals surface area contributed by atoms with E-state index in [2.05, 4.69) is 5.32 Å². The van der Waals surface area contributed by atoms with Crippen molar-refractivity contribution in [3.63, 3.8) is 0 Å². The summed E-state index contributed by atoms with van der Waals surface area (Å²) in [6.07, 6.45) is -0.397. The van der Waals surface area contributed by atoms with E-state index in [-0.39, 0.29) is 23.5 Å². The lowest BCUT2D eigenvalue weighted by Gasteiger charge is -2.31. The number of fused-ring (bicyclic) bond motifs is 2. The maximum Gasteiger partial charge on any atom is 0.327 e. The molecule has 2 N–H and O–H groups in total. The Morgan fingerprint density at radius 2 is 1.82 bits per heavy atom. The van der Waals surface area contributed by atoms with Gasteiger partial charge < -0.3 is 20.1 Å². The number of thioether (sulfide) groups is 1. The predicted octanol–water partition coefficient (Wildman–Crippen LogP) is 5.68. The molecule has 0 fully saturated rings. The summed E-state index contributed by atoms with van der Waals surface area (Å²) in [4.78, 5) is 40.4. The molecular weight excluding hydrogens is 536 g/mol. The molecule has 0 radical (unpaired) electrons. The average molecular weight is 569 g/mol. The highest BCUT2D eigenvalue weighted by atomic mass is 35.5. The van der Waals surface area contributed by atoms with Gasteiger partial charge in [-0.1, -0.05) is 74.8 Å². The number of hydrogen-bond acceptors (Lipinski definition) is 5. The van der Waals surface area contributed by atoms with Crippen LogP contribution in [0.1, 0.15) is 44.4 Å². The van der Waals surface area contributed by atoms with Gasteiger partial charge in [0, 0.05) is 28.6 Å². The van der Waals surface area contributed by atoms with Crippen LogP contribution >= 0.6 is 23.4 Å². The van der Waals surface area contributed by atoms with Gasteiger partial charge in [-0.3, -0.25) is 9.59 Å². The van der Waals surface area contributed by atoms with E-state index in [0.29, 0.717) is 17.3 Å². The molecule has 1 heterocycles. The molecule has 3 aromatic carbocycles. The lowest BCUT2D eigenvalue weighted by molar-refractivity contribution is -0.143. The Hall–Kier alpha value is -3.07. The zero-order chi connectivity index (χ0) is 28.3. The van der Waals surface area contributed by atoms with Crippen molar-refractivity contribution >= 4 is 57.6 Å². The molecule has 0 aliphatic carbocycles. The van der Waals surface area contributed by atoms with Crippen LogP contribution in [0.25, 0.3) is 10.8 Å². The monoisotopic (exact) mass is 568 g/mol. The van der Waals surface area contributed by atoms with Gasteiger partial charge in [-0.15, -0.1) is 0 Å². The lowest BCUT2D eigenvalue weighted by atomic mass is 9.93. The summed E-state index contributed by atoms with van der Waals surface area (Å²) >= 11 is 7.79. The fourth-order valence-corrected chi connectivity index (χ4v) is 5.57. The Morgan fingerprint density at radius 3 is 2.51 bits per heavy atom. The molecule has 9 heteroatoms. The third-order valence-corrected chi connectivity index (χ3v) is 7.38. The Kier molecular flexibility index (Phi) is 8.89. The summed E-state index contributed by atoms with van der Waals surface area (Å²) in [6.45, 7) is 6.48. The van der Waals surface area contributed by atoms with Gasteiger partial charge in [0.15, 0.2) is 0 Å². The summed E-state index contributed by atoms with van der Waals surface area (Å²) in [5, 5.41) is 14.5. The summed E-state index contributed by atoms with van der Waals surface area (Å²) < 4.78 is 6.55. The van der Waals surface area contributed by atoms with Crippen molar-refractivity contribution in [1.82, 2.24) is 5.32 Å². The van der Waals surface area contributed by atoms with Gasteiger partial charge in [-0.2, -0.15) is 11.8 Å². The van der Waals surface area contributed by atoms with E-state index in [4.69, 9.17) is 16.3 Å². The Morgan fingerprint density at radius 1 is 1.10 bits per heavy atom. The van der Waals surface area contributed by atoms with Crippen LogP contribution in [0.2, 0.25) is 5.02 Å². The quantitative estimate of drug-likeness (QED) is 0.363. The van der Waals surface area contributed by atoms with Gasteiger partial charge in [0.1, 0.15) is 18.2 Å². The van der Waals surface area contributed by atoms with Crippen molar-refractivity contribution in [3.8, 4) is 0 Å². The number of carbonyl (C=O) groups is 3. The second kappa shape index (κ2) is 12.0. The van der Waals surface area contributed by atoms with E-state index in [1.54, 1.807) is 17.2 Å². The van der Waals surface area contributed by atoms with Gasteiger partial charge in [-0.05, 0) is 46.2 Å². The Bertz CT molecular complexity index is 1380. The van der Waals surface area contributed by atoms with Crippen molar-refractivity contribution in [3.05, 3.63) is 76.8 Å². The van der Waals surface area contributed by atoms with Crippen molar-refractivity contribution in [2.45, 2.75) is 45.4 Å². The van der Waals surface area contributed by atoms with Crippen LogP contribution in [0.5, 0.6) is 0 Å². The molecule has 3 aromatic rings. The molecule has 7 nitrogen and oxygen atoms in total. The number of nitrogens with one attached hydrogen (secondary N) is 1. The van der Waals surface area contributed by atoms with E-state index in [0.717, 1.165) is 21.9 Å². The number of hydrogen-bond donors (Lipinski definition) is 2. The third-order valence-electron chi connectivity index (χ3n) is 6.48. The SMILES string of the molecule is CSC[C@H](NC(=O)CC1OC(c2cccc3ccccc23)c2cc(Cl)ccc2N(CC(C)(C)C)C1=O)C(=O)O. The van der Waals surface area contributed by atoms with Crippen molar-refractivity contribution in [2.24, 2.45) is 5.41 Å². The van der Waals surface area contributed by atoms with E-state index >= 15 is 0 Å². The predicted molar refractivity (Wildman–Crippen MR) is 156 cm³/mol. The molecule has 0 saturated carbocycles. The molecule has 3 atom stereocenters. The summed E-state index contributed by atoms with van der Waals surface area (Å²) in [5.74, 6) is -1.84. The van der Waals surface area contributed by atoms with E-state index < -0.39 is 30.1 Å². The molecule has 39 heavy (non-hydrogen) atoms. The molecule has 206 valence electrons. The number of benzene rings is 3. The number of carboxylic acid groups (broad SMARTS) is 1. The smallest absolute Gasteiger partial charge is 0.327 e. The van der Waals surface area contributed by atoms with Crippen LogP contribution in [0.15, 0.2) is 60.7 Å². The molecule has 0 aromatic heterocycles. The van der Waals surface area contributed by atoms with Gasteiger partial charge >= 0.3 is 5.97 Å². The highest BCUT2D eigenvalue weighted by molar-refractivity contribution is 7.98. The first-order valence-electron chi connectivity index (χ1n) is 12.7. The molecule has 0 spiro atoms. The van der Waals surface area contributed by atoms with Gasteiger partial charge in [0.25, 0.3) is 5.91 Å². The number of rotatable bonds is 8. The highest BCUT2D eigenvalue weighted by Crippen LogP contribution is 2.42. The van der Waals surface area contributed by atoms with Crippen molar-refractivity contribution < 1.29 is 24.2 Å². The molecule has 2 unspecified atom stereocenters. The maximum absolute atomic E-state index is 14.1. The third kappa shape index (κ3) is 6.75. The average Bonchev–Trinajstić information content (AvgIpc) is 2.97. The first kappa shape index (κ1) is 28.9. The summed E-state index contributed by atoms with van der Waals surface area (Å²) in [6, 6.07) is 18.1. The largest absolute Gasteiger partial charge is 0.480 e. The number of nitrogens with zero attached hydrogens (tertiary/aromatic N) is 1. The van der Waals surface area contributed by atoms with Crippen LogP contribution < -0.4 is 10.2 Å². The molecule has 1 aliphatic heterocycles. The zero-order valence-electron chi connectivity index (χ0n) is 22.4. The Balaban J connectivity index is 1.82. The fraction of sp³-hybridized carbons (Fsp3) is 0.367. The minimum Gasteiger partial charge on any atom is -0.480 e. The minimum absolute atomic E-state index is 0.208. The summed E-state index contributed by atoms with van der Waals surface area (Å²) in [5.41, 5.74) is 1.99.